The van der Waals surface area contributed by atoms with Crippen molar-refractivity contribution in [2.24, 2.45) is 0 Å². The normalized spacial score (nSPS) is 12.0. The first-order valence-electron chi connectivity index (χ1n) is 6.35. The van der Waals surface area contributed by atoms with E-state index in [0.717, 1.165) is 5.56 Å². The number of anilines is 1. The smallest absolute Gasteiger partial charge is 0.295 e. The number of nitrogens with one attached hydrogen (secondary N) is 1. The van der Waals surface area contributed by atoms with Gasteiger partial charge in [0.1, 0.15) is 5.69 Å². The minimum atomic E-state index is -0.381. The number of halogens is 2. The number of hydrogen-bond donors (Lipinski definition) is 1. The van der Waals surface area contributed by atoms with E-state index in [1.54, 1.807) is 37.3 Å². The first-order chi connectivity index (χ1) is 9.90. The van der Waals surface area contributed by atoms with Crippen molar-refractivity contribution >= 4 is 34.6 Å². The fourth-order valence-electron chi connectivity index (χ4n) is 2.18. The highest BCUT2D eigenvalue weighted by Gasteiger charge is 2.19. The van der Waals surface area contributed by atoms with Gasteiger partial charge in [0.15, 0.2) is 0 Å². The molecule has 1 N–H and O–H groups in total. The molecule has 0 aliphatic carbocycles. The highest BCUT2D eigenvalue weighted by Crippen LogP contribution is 2.33. The highest BCUT2D eigenvalue weighted by atomic mass is 35.5. The van der Waals surface area contributed by atoms with Gasteiger partial charge in [0.25, 0.3) is 5.69 Å². The van der Waals surface area contributed by atoms with Gasteiger partial charge in [-0.15, -0.1) is 0 Å². The maximum atomic E-state index is 11.2. The van der Waals surface area contributed by atoms with Crippen LogP contribution >= 0.6 is 23.2 Å². The van der Waals surface area contributed by atoms with E-state index in [9.17, 15) is 10.1 Å². The Kier molecular flexibility index (Phi) is 4.70. The summed E-state index contributed by atoms with van der Waals surface area (Å²) in [7, 11) is 0. The first kappa shape index (κ1) is 15.6. The number of hydrogen-bond acceptors (Lipinski definition) is 3. The fraction of sp³-hybridized carbons (Fsp3) is 0.200. The Bertz CT molecular complexity index is 689. The van der Waals surface area contributed by atoms with E-state index in [-0.39, 0.29) is 16.7 Å². The molecule has 2 aromatic rings. The number of para-hydroxylation sites is 1. The van der Waals surface area contributed by atoms with E-state index in [2.05, 4.69) is 5.32 Å². The molecular weight excluding hydrogens is 311 g/mol. The molecule has 110 valence electrons. The maximum Gasteiger partial charge on any atom is 0.295 e. The molecular formula is C15H14Cl2N2O2. The van der Waals surface area contributed by atoms with E-state index in [4.69, 9.17) is 23.2 Å². The Labute approximate surface area is 132 Å². The van der Waals surface area contributed by atoms with Crippen LogP contribution in [0.1, 0.15) is 24.1 Å². The largest absolute Gasteiger partial charge is 0.373 e. The number of benzene rings is 2. The van der Waals surface area contributed by atoms with Crippen LogP contribution in [-0.2, 0) is 0 Å². The zero-order valence-corrected chi connectivity index (χ0v) is 13.1. The molecule has 0 saturated carbocycles. The minimum Gasteiger partial charge on any atom is -0.373 e. The Morgan fingerprint density at radius 2 is 1.95 bits per heavy atom. The van der Waals surface area contributed by atoms with E-state index in [1.807, 2.05) is 13.0 Å². The average Bonchev–Trinajstić information content (AvgIpc) is 2.37. The van der Waals surface area contributed by atoms with Crippen LogP contribution in [0.4, 0.5) is 11.4 Å². The van der Waals surface area contributed by atoms with Crippen molar-refractivity contribution in [2.45, 2.75) is 19.9 Å². The molecule has 21 heavy (non-hydrogen) atoms. The van der Waals surface area contributed by atoms with Gasteiger partial charge in [0.2, 0.25) is 0 Å². The lowest BCUT2D eigenvalue weighted by Gasteiger charge is -2.17. The molecule has 0 fully saturated rings. The van der Waals surface area contributed by atoms with Crippen LogP contribution in [0.2, 0.25) is 10.0 Å². The Morgan fingerprint density at radius 1 is 1.24 bits per heavy atom. The quantitative estimate of drug-likeness (QED) is 0.606. The second-order valence-corrected chi connectivity index (χ2v) is 5.60. The number of nitrogens with zero attached hydrogens (tertiary/aromatic N) is 1. The Morgan fingerprint density at radius 3 is 2.57 bits per heavy atom. The summed E-state index contributed by atoms with van der Waals surface area (Å²) in [5.74, 6) is 0. The van der Waals surface area contributed by atoms with Crippen LogP contribution in [-0.4, -0.2) is 4.92 Å². The second kappa shape index (κ2) is 6.33. The van der Waals surface area contributed by atoms with Crippen molar-refractivity contribution in [1.29, 1.82) is 0 Å². The van der Waals surface area contributed by atoms with Crippen molar-refractivity contribution < 1.29 is 4.92 Å². The molecule has 0 radical (unpaired) electrons. The summed E-state index contributed by atoms with van der Waals surface area (Å²) < 4.78 is 0. The lowest BCUT2D eigenvalue weighted by molar-refractivity contribution is -0.384. The molecule has 0 aliphatic rings. The third-order valence-corrected chi connectivity index (χ3v) is 3.78. The minimum absolute atomic E-state index is 0.0782. The maximum absolute atomic E-state index is 11.2. The van der Waals surface area contributed by atoms with Gasteiger partial charge < -0.3 is 5.32 Å². The van der Waals surface area contributed by atoms with E-state index >= 15 is 0 Å². The molecule has 0 aliphatic heterocycles. The number of nitro groups is 1. The van der Waals surface area contributed by atoms with Crippen molar-refractivity contribution in [2.75, 3.05) is 5.32 Å². The molecule has 0 amide bonds. The summed E-state index contributed by atoms with van der Waals surface area (Å²) in [5.41, 5.74) is 1.99. The molecule has 6 heteroatoms. The lowest BCUT2D eigenvalue weighted by atomic mass is 10.1. The van der Waals surface area contributed by atoms with Gasteiger partial charge in [-0.2, -0.15) is 0 Å². The van der Waals surface area contributed by atoms with Gasteiger partial charge in [-0.3, -0.25) is 10.1 Å². The Balaban J connectivity index is 2.34. The van der Waals surface area contributed by atoms with Crippen LogP contribution in [0.25, 0.3) is 0 Å². The van der Waals surface area contributed by atoms with Crippen LogP contribution in [0.15, 0.2) is 36.4 Å². The molecule has 0 heterocycles. The first-order valence-corrected chi connectivity index (χ1v) is 7.11. The topological polar surface area (TPSA) is 55.2 Å². The van der Waals surface area contributed by atoms with E-state index < -0.39 is 0 Å². The molecule has 0 aromatic heterocycles. The molecule has 0 bridgehead atoms. The number of aryl methyl sites for hydroxylation is 1. The Hall–Kier alpha value is -1.78. The van der Waals surface area contributed by atoms with Crippen molar-refractivity contribution in [3.63, 3.8) is 0 Å². The summed E-state index contributed by atoms with van der Waals surface area (Å²) in [6.07, 6.45) is 0. The third kappa shape index (κ3) is 3.46. The van der Waals surface area contributed by atoms with E-state index in [1.165, 1.54) is 0 Å². The van der Waals surface area contributed by atoms with Crippen LogP contribution in [0.3, 0.4) is 0 Å². The van der Waals surface area contributed by atoms with Gasteiger partial charge in [0.05, 0.1) is 11.0 Å². The summed E-state index contributed by atoms with van der Waals surface area (Å²) in [6.45, 7) is 3.60. The monoisotopic (exact) mass is 324 g/mol. The molecule has 1 atom stereocenters. The van der Waals surface area contributed by atoms with Crippen LogP contribution in [0.5, 0.6) is 0 Å². The molecule has 4 nitrogen and oxygen atoms in total. The molecule has 2 rings (SSSR count). The van der Waals surface area contributed by atoms with Crippen molar-refractivity contribution in [3.05, 3.63) is 67.7 Å². The van der Waals surface area contributed by atoms with Crippen LogP contribution < -0.4 is 5.32 Å². The standard InChI is InChI=1S/C15H14Cl2N2O2/c1-9-4-3-5-14(15(9)19(20)21)18-10(2)12-7-6-11(16)8-13(12)17/h3-8,10,18H,1-2H3. The number of nitro benzene ring substituents is 1. The van der Waals surface area contributed by atoms with Gasteiger partial charge in [0, 0.05) is 15.6 Å². The fourth-order valence-corrected chi connectivity index (χ4v) is 2.75. The van der Waals surface area contributed by atoms with Gasteiger partial charge >= 0.3 is 0 Å². The predicted molar refractivity (Wildman–Crippen MR) is 86.3 cm³/mol. The van der Waals surface area contributed by atoms with Gasteiger partial charge in [-0.05, 0) is 37.6 Å². The highest BCUT2D eigenvalue weighted by molar-refractivity contribution is 6.35. The summed E-state index contributed by atoms with van der Waals surface area (Å²) in [5, 5.41) is 15.4. The molecule has 0 spiro atoms. The van der Waals surface area contributed by atoms with Gasteiger partial charge in [-0.25, -0.2) is 0 Å². The molecule has 1 unspecified atom stereocenters. The zero-order chi connectivity index (χ0) is 15.6. The summed E-state index contributed by atoms with van der Waals surface area (Å²) >= 11 is 12.0. The lowest BCUT2D eigenvalue weighted by Crippen LogP contribution is -2.09. The predicted octanol–water partition coefficient (Wildman–Crippen LogP) is 5.38. The molecule has 2 aromatic carbocycles. The summed E-state index contributed by atoms with van der Waals surface area (Å²) in [4.78, 5) is 10.8. The third-order valence-electron chi connectivity index (χ3n) is 3.22. The molecule has 0 saturated heterocycles. The van der Waals surface area contributed by atoms with Gasteiger partial charge in [-0.1, -0.05) is 41.4 Å². The number of rotatable bonds is 4. The van der Waals surface area contributed by atoms with E-state index in [0.29, 0.717) is 21.3 Å². The summed E-state index contributed by atoms with van der Waals surface area (Å²) in [6, 6.07) is 10.2. The van der Waals surface area contributed by atoms with Crippen molar-refractivity contribution in [3.8, 4) is 0 Å². The zero-order valence-electron chi connectivity index (χ0n) is 11.6. The van der Waals surface area contributed by atoms with Crippen molar-refractivity contribution in [1.82, 2.24) is 0 Å². The average molecular weight is 325 g/mol. The SMILES string of the molecule is Cc1cccc(NC(C)c2ccc(Cl)cc2Cl)c1[N+](=O)[O-]. The second-order valence-electron chi connectivity index (χ2n) is 4.76. The van der Waals surface area contributed by atoms with Crippen LogP contribution in [0, 0.1) is 17.0 Å².